The molecule has 4 aromatic rings. The quantitative estimate of drug-likeness (QED) is 0.381. The van der Waals surface area contributed by atoms with Gasteiger partial charge < -0.3 is 19.5 Å². The summed E-state index contributed by atoms with van der Waals surface area (Å²) in [4.78, 5) is 35.7. The Morgan fingerprint density at radius 3 is 2.58 bits per heavy atom. The number of carbonyl (C=O) groups excluding carboxylic acids is 1. The zero-order chi connectivity index (χ0) is 28.0. The van der Waals surface area contributed by atoms with Gasteiger partial charge in [-0.05, 0) is 38.1 Å². The maximum atomic E-state index is 14.5. The van der Waals surface area contributed by atoms with E-state index < -0.39 is 5.54 Å². The number of carbonyl (C=O) groups is 1. The highest BCUT2D eigenvalue weighted by Gasteiger charge is 2.37. The first-order chi connectivity index (χ1) is 19.2. The number of aromatic nitrogens is 3. The van der Waals surface area contributed by atoms with Gasteiger partial charge in [0.25, 0.3) is 0 Å². The third-order valence-electron chi connectivity index (χ3n) is 8.06. The van der Waals surface area contributed by atoms with E-state index in [0.29, 0.717) is 24.6 Å². The lowest BCUT2D eigenvalue weighted by atomic mass is 9.99. The monoisotopic (exact) mass is 565 g/mol. The molecule has 6 rings (SSSR count). The number of H-pyrrole nitrogens is 1. The number of ether oxygens (including phenoxy) is 1. The minimum Gasteiger partial charge on any atom is -0.378 e. The third-order valence-corrected chi connectivity index (χ3v) is 9.17. The van der Waals surface area contributed by atoms with Gasteiger partial charge in [0, 0.05) is 87.4 Å². The normalized spacial score (nSPS) is 17.7. The van der Waals surface area contributed by atoms with Gasteiger partial charge in [0.15, 0.2) is 11.6 Å². The number of piperazine rings is 1. The van der Waals surface area contributed by atoms with Crippen LogP contribution in [0.5, 0.6) is 0 Å². The van der Waals surface area contributed by atoms with Crippen LogP contribution in [0.15, 0.2) is 30.5 Å². The van der Waals surface area contributed by atoms with E-state index in [9.17, 15) is 9.18 Å². The molecule has 0 aliphatic carbocycles. The molecule has 0 bridgehead atoms. The number of nitrogens with zero attached hydrogens (tertiary/aromatic N) is 6. The first-order valence-electron chi connectivity index (χ1n) is 13.8. The molecular weight excluding hydrogens is 529 g/mol. The van der Waals surface area contributed by atoms with Crippen molar-refractivity contribution < 1.29 is 13.9 Å². The Hall–Kier alpha value is -3.12. The van der Waals surface area contributed by atoms with Crippen LogP contribution in [0.1, 0.15) is 18.7 Å². The number of fused-ring (bicyclic) bond motifs is 2. The Labute approximate surface area is 237 Å². The summed E-state index contributed by atoms with van der Waals surface area (Å²) in [6.45, 7) is 11.1. The van der Waals surface area contributed by atoms with Crippen molar-refractivity contribution in [3.05, 3.63) is 41.2 Å². The van der Waals surface area contributed by atoms with E-state index in [1.807, 2.05) is 40.2 Å². The molecule has 2 aliphatic heterocycles. The number of halogens is 1. The van der Waals surface area contributed by atoms with Crippen molar-refractivity contribution in [2.24, 2.45) is 0 Å². The molecule has 0 spiro atoms. The summed E-state index contributed by atoms with van der Waals surface area (Å²) in [7, 11) is 3.63. The molecule has 1 N–H and O–H groups in total. The largest absolute Gasteiger partial charge is 0.378 e. The molecule has 0 saturated carbocycles. The Balaban J connectivity index is 1.29. The second-order valence-electron chi connectivity index (χ2n) is 11.3. The summed E-state index contributed by atoms with van der Waals surface area (Å²) in [6.07, 6.45) is 1.81. The van der Waals surface area contributed by atoms with Gasteiger partial charge in [-0.3, -0.25) is 14.6 Å². The second-order valence-corrected chi connectivity index (χ2v) is 12.4. The summed E-state index contributed by atoms with van der Waals surface area (Å²) in [6, 6.07) is 7.13. The van der Waals surface area contributed by atoms with Crippen molar-refractivity contribution >= 4 is 44.2 Å². The Morgan fingerprint density at radius 2 is 1.85 bits per heavy atom. The molecule has 212 valence electrons. The van der Waals surface area contributed by atoms with Gasteiger partial charge in [-0.2, -0.15) is 0 Å². The molecule has 40 heavy (non-hydrogen) atoms. The van der Waals surface area contributed by atoms with Crippen molar-refractivity contribution in [1.29, 1.82) is 0 Å². The van der Waals surface area contributed by atoms with Crippen molar-refractivity contribution in [1.82, 2.24) is 29.7 Å². The summed E-state index contributed by atoms with van der Waals surface area (Å²) in [5, 5.41) is 0.901. The lowest BCUT2D eigenvalue weighted by molar-refractivity contribution is -0.141. The average Bonchev–Trinajstić information content (AvgIpc) is 3.58. The topological polar surface area (TPSA) is 80.8 Å². The first kappa shape index (κ1) is 27.1. The predicted molar refractivity (Wildman–Crippen MR) is 157 cm³/mol. The summed E-state index contributed by atoms with van der Waals surface area (Å²) < 4.78 is 21.2. The van der Waals surface area contributed by atoms with E-state index in [1.165, 1.54) is 17.0 Å². The van der Waals surface area contributed by atoms with Crippen LogP contribution < -0.4 is 4.90 Å². The Morgan fingerprint density at radius 1 is 1.10 bits per heavy atom. The minimum atomic E-state index is -0.520. The highest BCUT2D eigenvalue weighted by Crippen LogP contribution is 2.37. The molecule has 11 heteroatoms. The number of rotatable bonds is 6. The van der Waals surface area contributed by atoms with Gasteiger partial charge >= 0.3 is 0 Å². The molecule has 2 aliphatic rings. The molecule has 2 fully saturated rings. The molecule has 0 atom stereocenters. The molecule has 3 aromatic heterocycles. The molecule has 0 unspecified atom stereocenters. The van der Waals surface area contributed by atoms with Crippen molar-refractivity contribution in [2.75, 3.05) is 71.5 Å². The lowest BCUT2D eigenvalue weighted by Gasteiger charge is -2.43. The van der Waals surface area contributed by atoms with E-state index >= 15 is 0 Å². The SMILES string of the molecule is CN(C)C(=O)C(C)(C)N1CCN(Cc2cc3nc(-c4cc(F)cc5[nH]ccc45)nc(N4CCOCC4)c3s2)CC1. The fraction of sp³-hybridized carbons (Fsp3) is 0.483. The molecule has 2 saturated heterocycles. The smallest absolute Gasteiger partial charge is 0.242 e. The summed E-state index contributed by atoms with van der Waals surface area (Å²) in [5.41, 5.74) is 1.78. The number of thiophene rings is 1. The van der Waals surface area contributed by atoms with Gasteiger partial charge in [0.2, 0.25) is 5.91 Å². The number of amides is 1. The minimum absolute atomic E-state index is 0.130. The third kappa shape index (κ3) is 5.07. The number of morpholine rings is 1. The van der Waals surface area contributed by atoms with Crippen molar-refractivity contribution in [3.63, 3.8) is 0 Å². The van der Waals surface area contributed by atoms with Gasteiger partial charge in [0.05, 0.1) is 29.0 Å². The van der Waals surface area contributed by atoms with E-state index in [0.717, 1.165) is 72.8 Å². The van der Waals surface area contributed by atoms with Gasteiger partial charge in [-0.1, -0.05) is 0 Å². The van der Waals surface area contributed by atoms with Crippen LogP contribution in [0.2, 0.25) is 0 Å². The van der Waals surface area contributed by atoms with E-state index in [4.69, 9.17) is 14.7 Å². The van der Waals surface area contributed by atoms with Crippen LogP contribution in [0.4, 0.5) is 10.2 Å². The predicted octanol–water partition coefficient (Wildman–Crippen LogP) is 3.80. The first-order valence-corrected chi connectivity index (χ1v) is 14.6. The van der Waals surface area contributed by atoms with Crippen LogP contribution in [0.3, 0.4) is 0 Å². The van der Waals surface area contributed by atoms with Crippen LogP contribution in [0.25, 0.3) is 32.5 Å². The number of aromatic amines is 1. The number of hydrogen-bond donors (Lipinski definition) is 1. The zero-order valence-electron chi connectivity index (χ0n) is 23.5. The van der Waals surface area contributed by atoms with Crippen LogP contribution in [0, 0.1) is 5.82 Å². The number of likely N-dealkylation sites (N-methyl/N-ethyl adjacent to an activating group) is 1. The van der Waals surface area contributed by atoms with E-state index in [1.54, 1.807) is 16.2 Å². The second kappa shape index (κ2) is 10.7. The highest BCUT2D eigenvalue weighted by atomic mass is 32.1. The van der Waals surface area contributed by atoms with Gasteiger partial charge in [-0.15, -0.1) is 11.3 Å². The summed E-state index contributed by atoms with van der Waals surface area (Å²) in [5.74, 6) is 1.23. The molecule has 5 heterocycles. The maximum Gasteiger partial charge on any atom is 0.242 e. The molecule has 1 amide bonds. The van der Waals surface area contributed by atoms with Crippen LogP contribution >= 0.6 is 11.3 Å². The van der Waals surface area contributed by atoms with Crippen molar-refractivity contribution in [2.45, 2.75) is 25.9 Å². The van der Waals surface area contributed by atoms with E-state index in [2.05, 4.69) is 25.8 Å². The zero-order valence-corrected chi connectivity index (χ0v) is 24.4. The fourth-order valence-corrected chi connectivity index (χ4v) is 6.99. The number of hydrogen-bond acceptors (Lipinski definition) is 8. The van der Waals surface area contributed by atoms with Crippen molar-refractivity contribution in [3.8, 4) is 11.4 Å². The van der Waals surface area contributed by atoms with E-state index in [-0.39, 0.29) is 11.7 Å². The van der Waals surface area contributed by atoms with Crippen LogP contribution in [-0.2, 0) is 16.1 Å². The fourth-order valence-electron chi connectivity index (χ4n) is 5.84. The average molecular weight is 566 g/mol. The molecular formula is C29H36FN7O2S. The Kier molecular flexibility index (Phi) is 7.24. The van der Waals surface area contributed by atoms with Crippen LogP contribution in [-0.4, -0.2) is 108 Å². The van der Waals surface area contributed by atoms with Gasteiger partial charge in [0.1, 0.15) is 5.82 Å². The highest BCUT2D eigenvalue weighted by molar-refractivity contribution is 7.19. The number of anilines is 1. The number of nitrogens with one attached hydrogen (secondary N) is 1. The molecule has 9 nitrogen and oxygen atoms in total. The molecule has 1 aromatic carbocycles. The maximum absolute atomic E-state index is 14.5. The molecule has 0 radical (unpaired) electrons. The summed E-state index contributed by atoms with van der Waals surface area (Å²) >= 11 is 1.73. The lowest BCUT2D eigenvalue weighted by Crippen LogP contribution is -2.60. The number of benzene rings is 1. The Bertz CT molecular complexity index is 1530. The van der Waals surface area contributed by atoms with Gasteiger partial charge in [-0.25, -0.2) is 14.4 Å². The standard InChI is InChI=1S/C29H36FN7O2S/c1-29(2,28(38)34(3)4)37-9-7-35(8-10-37)18-20-17-24-25(40-20)27(36-11-13-39-14-12-36)33-26(32-24)22-15-19(30)16-23-21(22)5-6-31-23/h5-6,15-17,31H,7-14,18H2,1-4H3.